The molecule has 132 valence electrons. The molecule has 1 aromatic heterocycles. The van der Waals surface area contributed by atoms with Gasteiger partial charge in [-0.2, -0.15) is 10.5 Å². The van der Waals surface area contributed by atoms with E-state index in [1.807, 2.05) is 36.6 Å². The molecule has 3 aromatic rings. The number of hydrogen-bond donors (Lipinski definition) is 3. The van der Waals surface area contributed by atoms with Crippen molar-refractivity contribution in [3.05, 3.63) is 63.9 Å². The van der Waals surface area contributed by atoms with Crippen LogP contribution in [0, 0.1) is 22.7 Å². The van der Waals surface area contributed by atoms with E-state index in [1.165, 1.54) is 6.07 Å². The van der Waals surface area contributed by atoms with Crippen LogP contribution in [-0.2, 0) is 0 Å². The largest absolute Gasteiger partial charge is 0.507 e. The maximum absolute atomic E-state index is 12.0. The first-order valence-corrected chi connectivity index (χ1v) is 9.06. The molecule has 0 saturated heterocycles. The fraction of sp³-hybridized carbons (Fsp3) is 0.0500. The van der Waals surface area contributed by atoms with Crippen molar-refractivity contribution >= 4 is 17.6 Å². The van der Waals surface area contributed by atoms with Gasteiger partial charge in [0.1, 0.15) is 34.8 Å². The second kappa shape index (κ2) is 7.28. The fourth-order valence-corrected chi connectivity index (χ4v) is 3.23. The van der Waals surface area contributed by atoms with E-state index in [1.54, 1.807) is 30.0 Å². The van der Waals surface area contributed by atoms with Gasteiger partial charge in [0.25, 0.3) is 5.56 Å². The summed E-state index contributed by atoms with van der Waals surface area (Å²) in [5.74, 6) is -0.299. The van der Waals surface area contributed by atoms with E-state index in [9.17, 15) is 20.4 Å². The Balaban J connectivity index is 2.19. The van der Waals surface area contributed by atoms with Crippen LogP contribution in [0.15, 0.2) is 52.2 Å². The number of aromatic hydroxyl groups is 1. The first-order chi connectivity index (χ1) is 13.0. The molecule has 0 aliphatic rings. The summed E-state index contributed by atoms with van der Waals surface area (Å²) in [4.78, 5) is 15.4. The van der Waals surface area contributed by atoms with Gasteiger partial charge in [-0.25, -0.2) is 0 Å². The van der Waals surface area contributed by atoms with E-state index in [0.29, 0.717) is 0 Å². The van der Waals surface area contributed by atoms with E-state index < -0.39 is 5.56 Å². The summed E-state index contributed by atoms with van der Waals surface area (Å²) >= 11 is 1.63. The summed E-state index contributed by atoms with van der Waals surface area (Å²) in [6.07, 6.45) is 1.99. The number of pyridine rings is 1. The molecule has 27 heavy (non-hydrogen) atoms. The smallest absolute Gasteiger partial charge is 0.268 e. The lowest BCUT2D eigenvalue weighted by molar-refractivity contribution is 0.477. The first kappa shape index (κ1) is 18.1. The zero-order valence-electron chi connectivity index (χ0n) is 14.3. The van der Waals surface area contributed by atoms with E-state index >= 15 is 0 Å². The molecule has 2 aromatic carbocycles. The van der Waals surface area contributed by atoms with Crippen molar-refractivity contribution in [1.82, 2.24) is 4.98 Å². The topological polar surface area (TPSA) is 127 Å². The Hall–Kier alpha value is -3.68. The average Bonchev–Trinajstić information content (AvgIpc) is 2.67. The lowest BCUT2D eigenvalue weighted by atomic mass is 9.94. The Bertz CT molecular complexity index is 1170. The average molecular weight is 374 g/mol. The number of phenolic OH excluding ortho intramolecular Hbond substituents is 1. The number of nitriles is 2. The van der Waals surface area contributed by atoms with Crippen molar-refractivity contribution < 1.29 is 5.11 Å². The Labute approximate surface area is 159 Å². The lowest BCUT2D eigenvalue weighted by Gasteiger charge is -2.12. The third-order valence-corrected chi connectivity index (χ3v) is 4.90. The third kappa shape index (κ3) is 3.24. The van der Waals surface area contributed by atoms with Crippen molar-refractivity contribution in [2.75, 3.05) is 12.0 Å². The maximum atomic E-state index is 12.0. The van der Waals surface area contributed by atoms with Crippen LogP contribution in [0.25, 0.3) is 22.3 Å². The molecule has 0 unspecified atom stereocenters. The predicted molar refractivity (Wildman–Crippen MR) is 105 cm³/mol. The van der Waals surface area contributed by atoms with Crippen LogP contribution < -0.4 is 11.3 Å². The number of rotatable bonds is 3. The van der Waals surface area contributed by atoms with Crippen molar-refractivity contribution in [2.24, 2.45) is 0 Å². The van der Waals surface area contributed by atoms with E-state index in [0.717, 1.165) is 16.0 Å². The number of nitrogen functional groups attached to an aromatic ring is 1. The van der Waals surface area contributed by atoms with Crippen LogP contribution in [0.4, 0.5) is 5.82 Å². The minimum atomic E-state index is -0.708. The van der Waals surface area contributed by atoms with Crippen LogP contribution in [0.2, 0.25) is 0 Å². The van der Waals surface area contributed by atoms with Gasteiger partial charge < -0.3 is 15.8 Å². The van der Waals surface area contributed by atoms with Crippen molar-refractivity contribution in [2.45, 2.75) is 4.90 Å². The number of hydrogen-bond acceptors (Lipinski definition) is 6. The number of benzene rings is 2. The number of nitrogens with one attached hydrogen (secondary N) is 1. The molecule has 0 radical (unpaired) electrons. The number of anilines is 1. The molecule has 3 rings (SSSR count). The minimum absolute atomic E-state index is 0.0306. The summed E-state index contributed by atoms with van der Waals surface area (Å²) < 4.78 is 0. The molecular formula is C20H14N4O2S. The van der Waals surface area contributed by atoms with Crippen molar-refractivity contribution in [3.8, 4) is 40.1 Å². The second-order valence-electron chi connectivity index (χ2n) is 5.68. The van der Waals surface area contributed by atoms with Crippen LogP contribution in [0.3, 0.4) is 0 Å². The highest BCUT2D eigenvalue weighted by Gasteiger charge is 2.20. The Kier molecular flexibility index (Phi) is 4.89. The van der Waals surface area contributed by atoms with Gasteiger partial charge in [0.15, 0.2) is 0 Å². The molecule has 6 nitrogen and oxygen atoms in total. The highest BCUT2D eigenvalue weighted by molar-refractivity contribution is 7.98. The zero-order valence-corrected chi connectivity index (χ0v) is 15.1. The fourth-order valence-electron chi connectivity index (χ4n) is 2.82. The van der Waals surface area contributed by atoms with Crippen LogP contribution in [0.5, 0.6) is 5.75 Å². The Morgan fingerprint density at radius 1 is 1.04 bits per heavy atom. The second-order valence-corrected chi connectivity index (χ2v) is 6.56. The molecule has 0 amide bonds. The van der Waals surface area contributed by atoms with Gasteiger partial charge in [0.2, 0.25) is 0 Å². The molecular weight excluding hydrogens is 360 g/mol. The predicted octanol–water partition coefficient (Wildman–Crippen LogP) is 3.46. The number of aromatic nitrogens is 1. The summed E-state index contributed by atoms with van der Waals surface area (Å²) in [5, 5.41) is 29.3. The SMILES string of the molecule is CSc1ccc(-c2ccc(-c3c(C#N)c(N)[nH]c(=O)c3C#N)c(O)c2)cc1. The van der Waals surface area contributed by atoms with Crippen molar-refractivity contribution in [1.29, 1.82) is 10.5 Å². The number of phenols is 1. The highest BCUT2D eigenvalue weighted by atomic mass is 32.2. The summed E-state index contributed by atoms with van der Waals surface area (Å²) in [7, 11) is 0. The van der Waals surface area contributed by atoms with E-state index in [4.69, 9.17) is 5.73 Å². The number of H-pyrrole nitrogens is 1. The Morgan fingerprint density at radius 3 is 2.22 bits per heavy atom. The number of thioether (sulfide) groups is 1. The van der Waals surface area contributed by atoms with Crippen LogP contribution >= 0.6 is 11.8 Å². The number of nitrogens with zero attached hydrogens (tertiary/aromatic N) is 2. The van der Waals surface area contributed by atoms with Gasteiger partial charge in [-0.05, 0) is 41.6 Å². The first-order valence-electron chi connectivity index (χ1n) is 7.84. The summed E-state index contributed by atoms with van der Waals surface area (Å²) in [5.41, 5.74) is 6.58. The number of nitrogens with two attached hydrogens (primary N) is 1. The molecule has 0 spiro atoms. The molecule has 1 heterocycles. The van der Waals surface area contributed by atoms with E-state index in [-0.39, 0.29) is 33.8 Å². The van der Waals surface area contributed by atoms with Gasteiger partial charge in [-0.1, -0.05) is 18.2 Å². The van der Waals surface area contributed by atoms with Gasteiger partial charge in [0, 0.05) is 16.0 Å². The monoisotopic (exact) mass is 374 g/mol. The quantitative estimate of drug-likeness (QED) is 0.603. The summed E-state index contributed by atoms with van der Waals surface area (Å²) in [6, 6.07) is 16.4. The number of aromatic amines is 1. The van der Waals surface area contributed by atoms with Crippen molar-refractivity contribution in [3.63, 3.8) is 0 Å². The molecule has 0 aliphatic heterocycles. The zero-order chi connectivity index (χ0) is 19.6. The maximum Gasteiger partial charge on any atom is 0.268 e. The van der Waals surface area contributed by atoms with Crippen LogP contribution in [0.1, 0.15) is 11.1 Å². The molecule has 4 N–H and O–H groups in total. The van der Waals surface area contributed by atoms with Gasteiger partial charge in [-0.3, -0.25) is 4.79 Å². The summed E-state index contributed by atoms with van der Waals surface area (Å²) in [6.45, 7) is 0. The molecule has 0 atom stereocenters. The van der Waals surface area contributed by atoms with Crippen LogP contribution in [-0.4, -0.2) is 16.3 Å². The minimum Gasteiger partial charge on any atom is -0.507 e. The normalized spacial score (nSPS) is 10.2. The third-order valence-electron chi connectivity index (χ3n) is 4.16. The standard InChI is InChI=1S/C20H14N4O2S/c1-27-13-5-2-11(3-6-13)12-4-7-14(17(25)8-12)18-15(9-21)19(23)24-20(26)16(18)10-22/h2-8,25H,1H3,(H3,23,24,26). The molecule has 0 saturated carbocycles. The highest BCUT2D eigenvalue weighted by Crippen LogP contribution is 2.37. The molecule has 0 bridgehead atoms. The van der Waals surface area contributed by atoms with Gasteiger partial charge in [0.05, 0.1) is 0 Å². The lowest BCUT2D eigenvalue weighted by Crippen LogP contribution is -2.16. The van der Waals surface area contributed by atoms with Gasteiger partial charge >= 0.3 is 0 Å². The van der Waals surface area contributed by atoms with Gasteiger partial charge in [-0.15, -0.1) is 11.8 Å². The van der Waals surface area contributed by atoms with E-state index in [2.05, 4.69) is 4.98 Å². The molecule has 0 fully saturated rings. The Morgan fingerprint density at radius 2 is 1.67 bits per heavy atom. The molecule has 7 heteroatoms. The molecule has 0 aliphatic carbocycles.